The summed E-state index contributed by atoms with van der Waals surface area (Å²) in [6.45, 7) is 5.80. The molecule has 0 spiro atoms. The van der Waals surface area contributed by atoms with Crippen molar-refractivity contribution >= 4 is 18.1 Å². The predicted octanol–water partition coefficient (Wildman–Crippen LogP) is 4.88. The van der Waals surface area contributed by atoms with Crippen LogP contribution in [0.4, 0.5) is 0 Å². The standard InChI is InChI=1S/C24H28O6/c1-15(2)10-12-18-21(29-5)14-16(22(23(18)25)24(26)30-6)11-13-17-19(27-3)8-7-9-20(17)28-4/h7-9,11,13-14,25H,1,10,12H2,2-6H3/b13-11+. The van der Waals surface area contributed by atoms with E-state index in [0.29, 0.717) is 46.8 Å². The Balaban J connectivity index is 2.65. The Morgan fingerprint density at radius 2 is 1.63 bits per heavy atom. The van der Waals surface area contributed by atoms with Gasteiger partial charge < -0.3 is 24.1 Å². The van der Waals surface area contributed by atoms with Crippen LogP contribution in [0.15, 0.2) is 36.4 Å². The Hall–Kier alpha value is -3.41. The number of phenolic OH excluding ortho intramolecular Hbond substituents is 1. The number of allylic oxidation sites excluding steroid dienone is 1. The monoisotopic (exact) mass is 412 g/mol. The number of benzene rings is 2. The zero-order valence-electron chi connectivity index (χ0n) is 18.1. The number of esters is 1. The molecule has 0 fully saturated rings. The molecule has 0 unspecified atom stereocenters. The van der Waals surface area contributed by atoms with E-state index in [2.05, 4.69) is 6.58 Å². The third-order valence-electron chi connectivity index (χ3n) is 4.70. The largest absolute Gasteiger partial charge is 0.507 e. The van der Waals surface area contributed by atoms with E-state index in [9.17, 15) is 9.90 Å². The van der Waals surface area contributed by atoms with Crippen molar-refractivity contribution in [3.05, 3.63) is 58.7 Å². The lowest BCUT2D eigenvalue weighted by atomic mass is 9.96. The first-order chi connectivity index (χ1) is 14.4. The van der Waals surface area contributed by atoms with Gasteiger partial charge in [0.25, 0.3) is 0 Å². The molecule has 1 N–H and O–H groups in total. The third-order valence-corrected chi connectivity index (χ3v) is 4.70. The molecular weight excluding hydrogens is 384 g/mol. The number of methoxy groups -OCH3 is 4. The maximum absolute atomic E-state index is 12.5. The van der Waals surface area contributed by atoms with Crippen LogP contribution in [-0.2, 0) is 11.2 Å². The van der Waals surface area contributed by atoms with E-state index in [4.69, 9.17) is 18.9 Å². The number of aromatic hydroxyl groups is 1. The van der Waals surface area contributed by atoms with E-state index in [1.54, 1.807) is 32.4 Å². The maximum Gasteiger partial charge on any atom is 0.342 e. The van der Waals surface area contributed by atoms with Gasteiger partial charge in [0.1, 0.15) is 28.6 Å². The first-order valence-corrected chi connectivity index (χ1v) is 9.42. The lowest BCUT2D eigenvalue weighted by Gasteiger charge is -2.16. The molecule has 0 bridgehead atoms. The minimum atomic E-state index is -0.640. The van der Waals surface area contributed by atoms with Crippen LogP contribution in [0.25, 0.3) is 12.2 Å². The number of rotatable bonds is 9. The first-order valence-electron chi connectivity index (χ1n) is 9.42. The van der Waals surface area contributed by atoms with Crippen LogP contribution in [0.2, 0.25) is 0 Å². The zero-order chi connectivity index (χ0) is 22.3. The van der Waals surface area contributed by atoms with Crippen molar-refractivity contribution in [2.75, 3.05) is 28.4 Å². The molecular formula is C24H28O6. The number of hydrogen-bond donors (Lipinski definition) is 1. The minimum absolute atomic E-state index is 0.0696. The molecule has 0 heterocycles. The van der Waals surface area contributed by atoms with E-state index in [-0.39, 0.29) is 11.3 Å². The molecule has 2 aromatic carbocycles. The van der Waals surface area contributed by atoms with Crippen LogP contribution in [0, 0.1) is 0 Å². The predicted molar refractivity (Wildman–Crippen MR) is 118 cm³/mol. The van der Waals surface area contributed by atoms with E-state index in [0.717, 1.165) is 5.57 Å². The molecule has 2 aromatic rings. The summed E-state index contributed by atoms with van der Waals surface area (Å²) in [6, 6.07) is 7.14. The van der Waals surface area contributed by atoms with Gasteiger partial charge >= 0.3 is 5.97 Å². The fourth-order valence-corrected chi connectivity index (χ4v) is 3.13. The molecule has 0 saturated heterocycles. The van der Waals surface area contributed by atoms with Crippen LogP contribution < -0.4 is 14.2 Å². The van der Waals surface area contributed by atoms with Crippen molar-refractivity contribution in [3.8, 4) is 23.0 Å². The van der Waals surface area contributed by atoms with Gasteiger partial charge in [-0.15, -0.1) is 6.58 Å². The molecule has 0 aliphatic rings. The summed E-state index contributed by atoms with van der Waals surface area (Å²) in [5.41, 5.74) is 2.71. The van der Waals surface area contributed by atoms with Crippen molar-refractivity contribution in [2.24, 2.45) is 0 Å². The molecule has 30 heavy (non-hydrogen) atoms. The highest BCUT2D eigenvalue weighted by atomic mass is 16.5. The Kier molecular flexibility index (Phi) is 7.92. The van der Waals surface area contributed by atoms with Crippen molar-refractivity contribution < 1.29 is 28.8 Å². The molecule has 0 aromatic heterocycles. The maximum atomic E-state index is 12.5. The minimum Gasteiger partial charge on any atom is -0.507 e. The average Bonchev–Trinajstić information content (AvgIpc) is 2.75. The summed E-state index contributed by atoms with van der Waals surface area (Å²) in [6.07, 6.45) is 4.58. The molecule has 0 radical (unpaired) electrons. The third kappa shape index (κ3) is 4.95. The summed E-state index contributed by atoms with van der Waals surface area (Å²) >= 11 is 0. The second kappa shape index (κ2) is 10.4. The van der Waals surface area contributed by atoms with Gasteiger partial charge in [-0.2, -0.15) is 0 Å². The highest BCUT2D eigenvalue weighted by Crippen LogP contribution is 2.38. The summed E-state index contributed by atoms with van der Waals surface area (Å²) in [5.74, 6) is 0.902. The van der Waals surface area contributed by atoms with Crippen LogP contribution >= 0.6 is 0 Å². The quantitative estimate of drug-likeness (QED) is 0.359. The fraction of sp³-hybridized carbons (Fsp3) is 0.292. The van der Waals surface area contributed by atoms with E-state index in [1.165, 1.54) is 14.2 Å². The SMILES string of the molecule is C=C(C)CCc1c(OC)cc(/C=C/c2c(OC)cccc2OC)c(C(=O)OC)c1O. The van der Waals surface area contributed by atoms with Crippen molar-refractivity contribution in [2.45, 2.75) is 19.8 Å². The van der Waals surface area contributed by atoms with Crippen molar-refractivity contribution in [1.29, 1.82) is 0 Å². The van der Waals surface area contributed by atoms with E-state index < -0.39 is 5.97 Å². The van der Waals surface area contributed by atoms with Gasteiger partial charge in [-0.05, 0) is 49.6 Å². The van der Waals surface area contributed by atoms with Crippen LogP contribution in [0.5, 0.6) is 23.0 Å². The average molecular weight is 412 g/mol. The number of hydrogen-bond acceptors (Lipinski definition) is 6. The molecule has 6 heteroatoms. The first kappa shape index (κ1) is 22.9. The normalized spacial score (nSPS) is 10.7. The van der Waals surface area contributed by atoms with E-state index in [1.807, 2.05) is 25.1 Å². The smallest absolute Gasteiger partial charge is 0.342 e. The molecule has 160 valence electrons. The molecule has 0 aliphatic carbocycles. The fourth-order valence-electron chi connectivity index (χ4n) is 3.13. The topological polar surface area (TPSA) is 74.2 Å². The highest BCUT2D eigenvalue weighted by molar-refractivity contribution is 5.99. The van der Waals surface area contributed by atoms with Gasteiger partial charge in [0.15, 0.2) is 0 Å². The van der Waals surface area contributed by atoms with Crippen LogP contribution in [0.3, 0.4) is 0 Å². The van der Waals surface area contributed by atoms with E-state index >= 15 is 0 Å². The molecule has 2 rings (SSSR count). The summed E-state index contributed by atoms with van der Waals surface area (Å²) < 4.78 is 21.2. The second-order valence-electron chi connectivity index (χ2n) is 6.73. The molecule has 0 aliphatic heterocycles. The Morgan fingerprint density at radius 1 is 1.03 bits per heavy atom. The van der Waals surface area contributed by atoms with Gasteiger partial charge in [0.2, 0.25) is 0 Å². The van der Waals surface area contributed by atoms with Crippen molar-refractivity contribution in [1.82, 2.24) is 0 Å². The van der Waals surface area contributed by atoms with Gasteiger partial charge in [-0.25, -0.2) is 4.79 Å². The van der Waals surface area contributed by atoms with Gasteiger partial charge in [-0.1, -0.05) is 17.7 Å². The molecule has 0 amide bonds. The van der Waals surface area contributed by atoms with Crippen LogP contribution in [0.1, 0.15) is 40.4 Å². The Morgan fingerprint density at radius 3 is 2.13 bits per heavy atom. The molecule has 0 atom stereocenters. The van der Waals surface area contributed by atoms with Crippen molar-refractivity contribution in [3.63, 3.8) is 0 Å². The van der Waals surface area contributed by atoms with Crippen LogP contribution in [-0.4, -0.2) is 39.5 Å². The lowest BCUT2D eigenvalue weighted by molar-refractivity contribution is 0.0597. The Bertz CT molecular complexity index is 936. The summed E-state index contributed by atoms with van der Waals surface area (Å²) in [4.78, 5) is 12.5. The Labute approximate surface area is 177 Å². The van der Waals surface area contributed by atoms with Gasteiger partial charge in [0, 0.05) is 5.56 Å². The molecule has 0 saturated carbocycles. The second-order valence-corrected chi connectivity index (χ2v) is 6.73. The zero-order valence-corrected chi connectivity index (χ0v) is 18.1. The highest BCUT2D eigenvalue weighted by Gasteiger charge is 2.23. The number of carbonyl (C=O) groups is 1. The van der Waals surface area contributed by atoms with Gasteiger partial charge in [0.05, 0.1) is 34.0 Å². The lowest BCUT2D eigenvalue weighted by Crippen LogP contribution is -2.07. The number of carbonyl (C=O) groups excluding carboxylic acids is 1. The number of ether oxygens (including phenoxy) is 4. The molecule has 6 nitrogen and oxygen atoms in total. The summed E-state index contributed by atoms with van der Waals surface area (Å²) in [7, 11) is 5.93. The summed E-state index contributed by atoms with van der Waals surface area (Å²) in [5, 5.41) is 10.9. The number of phenols is 1. The van der Waals surface area contributed by atoms with Gasteiger partial charge in [-0.3, -0.25) is 0 Å².